The zero-order chi connectivity index (χ0) is 15.7. The van der Waals surface area contributed by atoms with Gasteiger partial charge in [-0.1, -0.05) is 30.4 Å². The summed E-state index contributed by atoms with van der Waals surface area (Å²) in [6.45, 7) is 1.82. The molecule has 4 heteroatoms. The summed E-state index contributed by atoms with van der Waals surface area (Å²) in [6, 6.07) is 7.68. The van der Waals surface area contributed by atoms with Gasteiger partial charge >= 0.3 is 5.97 Å². The van der Waals surface area contributed by atoms with Gasteiger partial charge < -0.3 is 14.2 Å². The summed E-state index contributed by atoms with van der Waals surface area (Å²) < 4.78 is 14.7. The molecule has 0 atom stereocenters. The van der Waals surface area contributed by atoms with Crippen LogP contribution in [0.1, 0.15) is 12.5 Å². The lowest BCUT2D eigenvalue weighted by Gasteiger charge is -2.04. The first-order valence-corrected chi connectivity index (χ1v) is 6.43. The quantitative estimate of drug-likeness (QED) is 0.348. The van der Waals surface area contributed by atoms with Crippen molar-refractivity contribution in [1.29, 1.82) is 0 Å². The molecule has 0 radical (unpaired) electrons. The summed E-state index contributed by atoms with van der Waals surface area (Å²) >= 11 is 0. The van der Waals surface area contributed by atoms with Crippen molar-refractivity contribution in [1.82, 2.24) is 0 Å². The first-order valence-electron chi connectivity index (χ1n) is 6.43. The highest BCUT2D eigenvalue weighted by Crippen LogP contribution is 2.14. The van der Waals surface area contributed by atoms with E-state index in [0.717, 1.165) is 16.9 Å². The minimum absolute atomic E-state index is 0.388. The van der Waals surface area contributed by atoms with E-state index in [1.54, 1.807) is 7.11 Å². The number of allylic oxidation sites excluding steroid dienone is 2. The van der Waals surface area contributed by atoms with Crippen molar-refractivity contribution < 1.29 is 19.0 Å². The zero-order valence-electron chi connectivity index (χ0n) is 12.8. The van der Waals surface area contributed by atoms with E-state index >= 15 is 0 Å². The lowest BCUT2D eigenvalue weighted by Crippen LogP contribution is -2.06. The zero-order valence-corrected chi connectivity index (χ0v) is 12.8. The van der Waals surface area contributed by atoms with Crippen LogP contribution in [0.25, 0.3) is 6.08 Å². The lowest BCUT2D eigenvalue weighted by atomic mass is 10.1. The number of esters is 1. The van der Waals surface area contributed by atoms with Gasteiger partial charge in [0.1, 0.15) is 5.75 Å². The van der Waals surface area contributed by atoms with Crippen LogP contribution in [0.4, 0.5) is 0 Å². The Labute approximate surface area is 125 Å². The van der Waals surface area contributed by atoms with Crippen molar-refractivity contribution in [3.8, 4) is 5.75 Å². The van der Waals surface area contributed by atoms with Crippen molar-refractivity contribution in [2.24, 2.45) is 0 Å². The fourth-order valence-corrected chi connectivity index (χ4v) is 1.64. The van der Waals surface area contributed by atoms with E-state index in [1.165, 1.54) is 20.5 Å². The molecule has 1 aromatic carbocycles. The van der Waals surface area contributed by atoms with Gasteiger partial charge in [0, 0.05) is 0 Å². The highest BCUT2D eigenvalue weighted by Gasteiger charge is 2.11. The van der Waals surface area contributed by atoms with Crippen LogP contribution >= 0.6 is 0 Å². The number of hydrogen-bond acceptors (Lipinski definition) is 4. The Kier molecular flexibility index (Phi) is 6.81. The molecule has 0 aliphatic carbocycles. The summed E-state index contributed by atoms with van der Waals surface area (Å²) in [4.78, 5) is 11.6. The van der Waals surface area contributed by atoms with Gasteiger partial charge in [0.25, 0.3) is 0 Å². The second-order valence-corrected chi connectivity index (χ2v) is 4.24. The number of rotatable bonds is 6. The monoisotopic (exact) mass is 288 g/mol. The molecule has 0 aliphatic rings. The summed E-state index contributed by atoms with van der Waals surface area (Å²) in [6.07, 6.45) is 7.00. The van der Waals surface area contributed by atoms with Gasteiger partial charge in [0.05, 0.1) is 33.2 Å². The molecule has 0 fully saturated rings. The van der Waals surface area contributed by atoms with Gasteiger partial charge in [-0.2, -0.15) is 0 Å². The Morgan fingerprint density at radius 3 is 2.29 bits per heavy atom. The van der Waals surface area contributed by atoms with E-state index in [0.29, 0.717) is 5.57 Å². The van der Waals surface area contributed by atoms with Crippen LogP contribution < -0.4 is 4.74 Å². The molecule has 0 aliphatic heterocycles. The Balaban J connectivity index is 2.83. The smallest absolute Gasteiger partial charge is 0.341 e. The fraction of sp³-hybridized carbons (Fsp3) is 0.235. The number of carbonyl (C=O) groups is 1. The molecule has 0 bridgehead atoms. The van der Waals surface area contributed by atoms with E-state index < -0.39 is 5.97 Å². The molecule has 0 spiro atoms. The van der Waals surface area contributed by atoms with E-state index in [9.17, 15) is 4.79 Å². The third kappa shape index (κ3) is 5.18. The van der Waals surface area contributed by atoms with Crippen LogP contribution in [0.5, 0.6) is 5.75 Å². The van der Waals surface area contributed by atoms with Gasteiger partial charge in [0.2, 0.25) is 0 Å². The summed E-state index contributed by atoms with van der Waals surface area (Å²) in [7, 11) is 4.46. The SMILES string of the molecule is CO\C=C(C(=O)OC)/C(C)=C/C=C\c1ccc(OC)cc1. The Morgan fingerprint density at radius 2 is 1.76 bits per heavy atom. The Hall–Kier alpha value is -2.49. The number of hydrogen-bond donors (Lipinski definition) is 0. The number of methoxy groups -OCH3 is 3. The van der Waals surface area contributed by atoms with Gasteiger partial charge in [-0.25, -0.2) is 4.79 Å². The highest BCUT2D eigenvalue weighted by atomic mass is 16.5. The third-order valence-electron chi connectivity index (χ3n) is 2.82. The molecule has 1 rings (SSSR count). The summed E-state index contributed by atoms with van der Waals surface area (Å²) in [5, 5.41) is 0. The maximum atomic E-state index is 11.6. The number of benzene rings is 1. The average Bonchev–Trinajstić information content (AvgIpc) is 2.52. The molecule has 112 valence electrons. The largest absolute Gasteiger partial charge is 0.503 e. The van der Waals surface area contributed by atoms with Crippen molar-refractivity contribution >= 4 is 12.0 Å². The number of ether oxygens (including phenoxy) is 3. The molecule has 0 unspecified atom stereocenters. The summed E-state index contributed by atoms with van der Waals surface area (Å²) in [5.74, 6) is 0.387. The van der Waals surface area contributed by atoms with Crippen LogP contribution in [0.2, 0.25) is 0 Å². The van der Waals surface area contributed by atoms with Crippen molar-refractivity contribution in [2.45, 2.75) is 6.92 Å². The van der Waals surface area contributed by atoms with E-state index in [-0.39, 0.29) is 0 Å². The van der Waals surface area contributed by atoms with Crippen molar-refractivity contribution in [3.63, 3.8) is 0 Å². The predicted molar refractivity (Wildman–Crippen MR) is 82.9 cm³/mol. The highest BCUT2D eigenvalue weighted by molar-refractivity contribution is 5.92. The molecule has 0 N–H and O–H groups in total. The molecular formula is C17H20O4. The topological polar surface area (TPSA) is 44.8 Å². The van der Waals surface area contributed by atoms with Crippen molar-refractivity contribution in [2.75, 3.05) is 21.3 Å². The van der Waals surface area contributed by atoms with Gasteiger partial charge in [-0.3, -0.25) is 0 Å². The van der Waals surface area contributed by atoms with Crippen LogP contribution in [0, 0.1) is 0 Å². The van der Waals surface area contributed by atoms with Gasteiger partial charge in [0.15, 0.2) is 0 Å². The number of carbonyl (C=O) groups excluding carboxylic acids is 1. The predicted octanol–water partition coefficient (Wildman–Crippen LogP) is 3.36. The Bertz CT molecular complexity index is 551. The van der Waals surface area contributed by atoms with Gasteiger partial charge in [-0.15, -0.1) is 0 Å². The van der Waals surface area contributed by atoms with Gasteiger partial charge in [-0.05, 0) is 30.2 Å². The molecule has 0 aromatic heterocycles. The fourth-order valence-electron chi connectivity index (χ4n) is 1.64. The molecular weight excluding hydrogens is 268 g/mol. The first kappa shape index (κ1) is 16.6. The molecule has 0 amide bonds. The van der Waals surface area contributed by atoms with Crippen LogP contribution in [-0.4, -0.2) is 27.3 Å². The second kappa shape index (κ2) is 8.64. The van der Waals surface area contributed by atoms with Crippen molar-refractivity contribution in [3.05, 3.63) is 59.4 Å². The molecule has 0 heterocycles. The van der Waals surface area contributed by atoms with Crippen LogP contribution in [-0.2, 0) is 14.3 Å². The maximum absolute atomic E-state index is 11.6. The molecule has 4 nitrogen and oxygen atoms in total. The Morgan fingerprint density at radius 1 is 1.10 bits per heavy atom. The lowest BCUT2D eigenvalue weighted by molar-refractivity contribution is -0.135. The molecule has 0 saturated heterocycles. The van der Waals surface area contributed by atoms with Crippen LogP contribution in [0.3, 0.4) is 0 Å². The standard InChI is InChI=1S/C17H20O4/c1-13(16(12-19-2)17(18)21-4)6-5-7-14-8-10-15(20-3)11-9-14/h5-12H,1-4H3/b7-5-,13-6+,16-12+. The molecule has 1 aromatic rings. The third-order valence-corrected chi connectivity index (χ3v) is 2.82. The average molecular weight is 288 g/mol. The molecule has 21 heavy (non-hydrogen) atoms. The van der Waals surface area contributed by atoms with E-state index in [1.807, 2.05) is 49.4 Å². The second-order valence-electron chi connectivity index (χ2n) is 4.24. The minimum atomic E-state index is -0.427. The van der Waals surface area contributed by atoms with Crippen LogP contribution in [0.15, 0.2) is 53.8 Å². The van der Waals surface area contributed by atoms with E-state index in [2.05, 4.69) is 0 Å². The summed E-state index contributed by atoms with van der Waals surface area (Å²) in [5.41, 5.74) is 2.18. The molecule has 0 saturated carbocycles. The maximum Gasteiger partial charge on any atom is 0.341 e. The van der Waals surface area contributed by atoms with E-state index in [4.69, 9.17) is 14.2 Å². The first-order chi connectivity index (χ1) is 10.1. The minimum Gasteiger partial charge on any atom is -0.503 e. The normalized spacial score (nSPS) is 12.4.